The van der Waals surface area contributed by atoms with Crippen molar-refractivity contribution in [2.45, 2.75) is 348 Å². The summed E-state index contributed by atoms with van der Waals surface area (Å²) in [5.74, 6) is -0.858. The lowest BCUT2D eigenvalue weighted by Gasteiger charge is -2.18. The third-order valence-electron chi connectivity index (χ3n) is 14.5. The molecule has 0 N–H and O–H groups in total. The first-order valence-corrected chi connectivity index (χ1v) is 32.8. The molecule has 0 radical (unpaired) electrons. The molecule has 0 heterocycles. The Morgan fingerprint density at radius 3 is 0.813 bits per heavy atom. The highest BCUT2D eigenvalue weighted by Gasteiger charge is 2.19. The molecule has 0 bridgehead atoms. The zero-order valence-electron chi connectivity index (χ0n) is 50.1. The molecule has 0 saturated carbocycles. The van der Waals surface area contributed by atoms with Gasteiger partial charge in [-0.25, -0.2) is 0 Å². The Morgan fingerprint density at radius 1 is 0.280 bits per heavy atom. The largest absolute Gasteiger partial charge is 0.462 e. The fourth-order valence-electron chi connectivity index (χ4n) is 9.65. The second-order valence-electron chi connectivity index (χ2n) is 22.0. The molecule has 0 rings (SSSR count). The molecule has 0 aromatic rings. The Morgan fingerprint density at radius 2 is 0.520 bits per heavy atom. The van der Waals surface area contributed by atoms with Crippen molar-refractivity contribution in [1.82, 2.24) is 0 Å². The number of hydrogen-bond donors (Lipinski definition) is 0. The highest BCUT2D eigenvalue weighted by Crippen LogP contribution is 2.18. The molecular formula is C69H124O6. The zero-order chi connectivity index (χ0) is 54.3. The number of carbonyl (C=O) groups excluding carboxylic acids is 3. The molecule has 6 heteroatoms. The molecule has 436 valence electrons. The van der Waals surface area contributed by atoms with E-state index >= 15 is 0 Å². The summed E-state index contributed by atoms with van der Waals surface area (Å²) in [4.78, 5) is 38.3. The van der Waals surface area contributed by atoms with Gasteiger partial charge in [0, 0.05) is 19.3 Å². The first-order chi connectivity index (χ1) is 37.0. The SMILES string of the molecule is CC/C=C\C/C=C\C/C=C\C/C=C\C/C=C\CCCCCCCCCCCC(=O)OCC(COC(=O)CCCCCCCCCCCC)OC(=O)CCCCCCCCCCCCCCCCCCCCCCCC. The summed E-state index contributed by atoms with van der Waals surface area (Å²) in [5.41, 5.74) is 0. The minimum Gasteiger partial charge on any atom is -0.462 e. The lowest BCUT2D eigenvalue weighted by Crippen LogP contribution is -2.30. The van der Waals surface area contributed by atoms with Gasteiger partial charge in [-0.05, 0) is 64.2 Å². The van der Waals surface area contributed by atoms with Crippen LogP contribution in [0.1, 0.15) is 342 Å². The summed E-state index contributed by atoms with van der Waals surface area (Å²) in [6.07, 6.45) is 81.0. The van der Waals surface area contributed by atoms with Crippen LogP contribution in [0, 0.1) is 0 Å². The Balaban J connectivity index is 4.22. The highest BCUT2D eigenvalue weighted by molar-refractivity contribution is 5.71. The molecule has 0 amide bonds. The van der Waals surface area contributed by atoms with Crippen molar-refractivity contribution in [3.63, 3.8) is 0 Å². The Bertz CT molecular complexity index is 1340. The number of rotatable bonds is 60. The quantitative estimate of drug-likeness (QED) is 0.0261. The summed E-state index contributed by atoms with van der Waals surface area (Å²) >= 11 is 0. The van der Waals surface area contributed by atoms with Crippen LogP contribution in [0.3, 0.4) is 0 Å². The summed E-state index contributed by atoms with van der Waals surface area (Å²) in [7, 11) is 0. The number of unbranched alkanes of at least 4 members (excludes halogenated alkanes) is 39. The fourth-order valence-corrected chi connectivity index (χ4v) is 9.65. The molecule has 1 unspecified atom stereocenters. The predicted molar refractivity (Wildman–Crippen MR) is 325 cm³/mol. The number of ether oxygens (including phenoxy) is 3. The van der Waals surface area contributed by atoms with Gasteiger partial charge in [-0.2, -0.15) is 0 Å². The molecule has 75 heavy (non-hydrogen) atoms. The molecule has 0 aliphatic heterocycles. The summed E-state index contributed by atoms with van der Waals surface area (Å²) in [6, 6.07) is 0. The number of allylic oxidation sites excluding steroid dienone is 10. The maximum absolute atomic E-state index is 12.9. The maximum Gasteiger partial charge on any atom is 0.306 e. The van der Waals surface area contributed by atoms with Crippen molar-refractivity contribution in [3.05, 3.63) is 60.8 Å². The van der Waals surface area contributed by atoms with Gasteiger partial charge in [-0.3, -0.25) is 14.4 Å². The Hall–Kier alpha value is -2.89. The average Bonchev–Trinajstić information content (AvgIpc) is 3.41. The van der Waals surface area contributed by atoms with E-state index in [-0.39, 0.29) is 31.1 Å². The second-order valence-corrected chi connectivity index (χ2v) is 22.0. The molecule has 6 nitrogen and oxygen atoms in total. The van der Waals surface area contributed by atoms with E-state index in [9.17, 15) is 14.4 Å². The van der Waals surface area contributed by atoms with E-state index in [0.29, 0.717) is 19.3 Å². The summed E-state index contributed by atoms with van der Waals surface area (Å²) < 4.78 is 16.9. The van der Waals surface area contributed by atoms with Crippen LogP contribution in [-0.4, -0.2) is 37.2 Å². The van der Waals surface area contributed by atoms with Gasteiger partial charge in [-0.15, -0.1) is 0 Å². The van der Waals surface area contributed by atoms with E-state index in [4.69, 9.17) is 14.2 Å². The van der Waals surface area contributed by atoms with Gasteiger partial charge in [0.1, 0.15) is 13.2 Å². The lowest BCUT2D eigenvalue weighted by molar-refractivity contribution is -0.167. The minimum atomic E-state index is -0.773. The first-order valence-electron chi connectivity index (χ1n) is 32.8. The Labute approximate surface area is 466 Å². The highest BCUT2D eigenvalue weighted by atomic mass is 16.6. The van der Waals surface area contributed by atoms with Gasteiger partial charge in [0.25, 0.3) is 0 Å². The molecule has 0 fully saturated rings. The number of hydrogen-bond acceptors (Lipinski definition) is 6. The number of carbonyl (C=O) groups is 3. The van der Waals surface area contributed by atoms with E-state index < -0.39 is 6.10 Å². The Kier molecular flexibility index (Phi) is 61.2. The third-order valence-corrected chi connectivity index (χ3v) is 14.5. The zero-order valence-corrected chi connectivity index (χ0v) is 50.1. The van der Waals surface area contributed by atoms with Crippen LogP contribution in [-0.2, 0) is 28.6 Å². The summed E-state index contributed by atoms with van der Waals surface area (Å²) in [5, 5.41) is 0. The van der Waals surface area contributed by atoms with Crippen molar-refractivity contribution in [1.29, 1.82) is 0 Å². The van der Waals surface area contributed by atoms with Crippen LogP contribution in [0.4, 0.5) is 0 Å². The molecule has 0 aromatic heterocycles. The lowest BCUT2D eigenvalue weighted by atomic mass is 10.0. The monoisotopic (exact) mass is 1050 g/mol. The van der Waals surface area contributed by atoms with Gasteiger partial charge >= 0.3 is 17.9 Å². The normalized spacial score (nSPS) is 12.4. The van der Waals surface area contributed by atoms with Crippen LogP contribution in [0.5, 0.6) is 0 Å². The van der Waals surface area contributed by atoms with E-state index in [0.717, 1.165) is 96.3 Å². The molecular weight excluding hydrogens is 925 g/mol. The standard InChI is InChI=1S/C69H124O6/c1-4-7-10-13-16-19-22-24-26-28-30-32-34-35-36-38-39-41-43-45-47-50-53-56-59-62-68(71)74-65-66(64-73-67(70)61-58-55-52-49-21-18-15-12-9-6-3)75-69(72)63-60-57-54-51-48-46-44-42-40-37-33-31-29-27-25-23-20-17-14-11-8-5-2/h7,10,16,19,24,26,30,32,35-36,66H,4-6,8-9,11-15,17-18,20-23,25,27-29,31,33-34,37-65H2,1-3H3/b10-7-,19-16-,26-24-,32-30-,36-35-. The van der Waals surface area contributed by atoms with Crippen molar-refractivity contribution >= 4 is 17.9 Å². The maximum atomic E-state index is 12.9. The van der Waals surface area contributed by atoms with E-state index in [2.05, 4.69) is 81.5 Å². The van der Waals surface area contributed by atoms with Crippen molar-refractivity contribution in [3.8, 4) is 0 Å². The molecule has 1 atom stereocenters. The van der Waals surface area contributed by atoms with Gasteiger partial charge in [0.15, 0.2) is 6.10 Å². The molecule has 0 spiro atoms. The predicted octanol–water partition coefficient (Wildman–Crippen LogP) is 22.3. The molecule has 0 aliphatic carbocycles. The van der Waals surface area contributed by atoms with Crippen molar-refractivity contribution in [2.24, 2.45) is 0 Å². The van der Waals surface area contributed by atoms with Crippen molar-refractivity contribution < 1.29 is 28.6 Å². The smallest absolute Gasteiger partial charge is 0.306 e. The molecule has 0 saturated heterocycles. The fraction of sp³-hybridized carbons (Fsp3) is 0.812. The number of esters is 3. The van der Waals surface area contributed by atoms with Crippen LogP contribution in [0.2, 0.25) is 0 Å². The van der Waals surface area contributed by atoms with Crippen LogP contribution < -0.4 is 0 Å². The van der Waals surface area contributed by atoms with E-state index in [1.54, 1.807) is 0 Å². The molecule has 0 aromatic carbocycles. The van der Waals surface area contributed by atoms with E-state index in [1.165, 1.54) is 205 Å². The van der Waals surface area contributed by atoms with E-state index in [1.807, 2.05) is 0 Å². The first kappa shape index (κ1) is 72.1. The van der Waals surface area contributed by atoms with Gasteiger partial charge in [-0.1, -0.05) is 319 Å². The van der Waals surface area contributed by atoms with Gasteiger partial charge in [0.2, 0.25) is 0 Å². The molecule has 0 aliphatic rings. The van der Waals surface area contributed by atoms with Crippen LogP contribution in [0.15, 0.2) is 60.8 Å². The second kappa shape index (κ2) is 63.6. The average molecular weight is 1050 g/mol. The topological polar surface area (TPSA) is 78.9 Å². The summed E-state index contributed by atoms with van der Waals surface area (Å²) in [6.45, 7) is 6.56. The van der Waals surface area contributed by atoms with Crippen LogP contribution >= 0.6 is 0 Å². The minimum absolute atomic E-state index is 0.0711. The third kappa shape index (κ3) is 61.8. The van der Waals surface area contributed by atoms with Crippen molar-refractivity contribution in [2.75, 3.05) is 13.2 Å². The van der Waals surface area contributed by atoms with Gasteiger partial charge in [0.05, 0.1) is 0 Å². The van der Waals surface area contributed by atoms with Crippen LogP contribution in [0.25, 0.3) is 0 Å². The van der Waals surface area contributed by atoms with Gasteiger partial charge < -0.3 is 14.2 Å².